The van der Waals surface area contributed by atoms with E-state index in [1.54, 1.807) is 0 Å². The van der Waals surface area contributed by atoms with Crippen molar-refractivity contribution in [1.29, 1.82) is 0 Å². The highest BCUT2D eigenvalue weighted by atomic mass is 16.7. The van der Waals surface area contributed by atoms with Gasteiger partial charge in [0.2, 0.25) is 0 Å². The minimum Gasteiger partial charge on any atom is -0.492 e. The highest BCUT2D eigenvalue weighted by Crippen LogP contribution is 2.22. The Hall–Kier alpha value is -0.880. The minimum absolute atomic E-state index is 0.0273. The molecule has 2 unspecified atom stereocenters. The van der Waals surface area contributed by atoms with E-state index in [1.165, 1.54) is 25.9 Å². The van der Waals surface area contributed by atoms with Crippen LogP contribution in [0.2, 0.25) is 0 Å². The topological polar surface area (TPSA) is 43.0 Å². The molecule has 24 heavy (non-hydrogen) atoms. The summed E-state index contributed by atoms with van der Waals surface area (Å²) in [5.74, 6) is 1.52. The van der Waals surface area contributed by atoms with Gasteiger partial charge in [-0.15, -0.1) is 0 Å². The lowest BCUT2D eigenvalue weighted by Crippen LogP contribution is -2.48. The van der Waals surface area contributed by atoms with Crippen LogP contribution >= 0.6 is 0 Å². The van der Waals surface area contributed by atoms with Gasteiger partial charge in [0, 0.05) is 19.2 Å². The molecular weight excluding hydrogens is 304 g/mol. The molecule has 1 aliphatic carbocycles. The van der Waals surface area contributed by atoms with Gasteiger partial charge in [-0.05, 0) is 70.3 Å². The molecule has 0 bridgehead atoms. The summed E-state index contributed by atoms with van der Waals surface area (Å²) in [4.78, 5) is 2.52. The van der Waals surface area contributed by atoms with Crippen molar-refractivity contribution in [3.8, 4) is 0 Å². The van der Waals surface area contributed by atoms with Gasteiger partial charge >= 0.3 is 0 Å². The van der Waals surface area contributed by atoms with Crippen LogP contribution in [0.3, 0.4) is 0 Å². The second-order valence-corrected chi connectivity index (χ2v) is 6.93. The Balaban J connectivity index is 1.32. The van der Waals surface area contributed by atoms with Gasteiger partial charge < -0.3 is 24.4 Å². The van der Waals surface area contributed by atoms with Crippen LogP contribution in [0.1, 0.15) is 32.1 Å². The smallest absolute Gasteiger partial charge is 0.157 e. The van der Waals surface area contributed by atoms with Crippen LogP contribution in [0.15, 0.2) is 24.0 Å². The molecule has 2 saturated heterocycles. The number of nitrogens with zero attached hydrogens (tertiary/aromatic N) is 1. The van der Waals surface area contributed by atoms with Gasteiger partial charge in [-0.2, -0.15) is 0 Å². The largest absolute Gasteiger partial charge is 0.492 e. The summed E-state index contributed by atoms with van der Waals surface area (Å²) in [6, 6.07) is 0.520. The molecule has 136 valence electrons. The first-order chi connectivity index (χ1) is 11.8. The summed E-state index contributed by atoms with van der Waals surface area (Å²) in [7, 11) is 2.07. The van der Waals surface area contributed by atoms with Crippen molar-refractivity contribution in [3.63, 3.8) is 0 Å². The zero-order valence-electron chi connectivity index (χ0n) is 14.9. The van der Waals surface area contributed by atoms with E-state index in [4.69, 9.17) is 14.2 Å². The van der Waals surface area contributed by atoms with Gasteiger partial charge in [-0.1, -0.05) is 6.08 Å². The number of likely N-dealkylation sites (N-methyl/N-ethyl adjacent to an activating group) is 1. The fraction of sp³-hybridized carbons (Fsp3) is 0.789. The molecule has 2 heterocycles. The zero-order valence-corrected chi connectivity index (χ0v) is 14.9. The Kier molecular flexibility index (Phi) is 7.14. The van der Waals surface area contributed by atoms with Crippen LogP contribution in [0.25, 0.3) is 0 Å². The van der Waals surface area contributed by atoms with Gasteiger partial charge in [0.1, 0.15) is 12.4 Å². The fourth-order valence-corrected chi connectivity index (χ4v) is 3.49. The van der Waals surface area contributed by atoms with Gasteiger partial charge in [0.15, 0.2) is 6.29 Å². The second-order valence-electron chi connectivity index (χ2n) is 6.93. The molecule has 0 spiro atoms. The van der Waals surface area contributed by atoms with E-state index in [0.29, 0.717) is 25.2 Å². The van der Waals surface area contributed by atoms with E-state index in [0.717, 1.165) is 38.2 Å². The Labute approximate surface area is 146 Å². The normalized spacial score (nSPS) is 29.0. The van der Waals surface area contributed by atoms with E-state index in [9.17, 15) is 0 Å². The predicted molar refractivity (Wildman–Crippen MR) is 94.7 cm³/mol. The molecule has 2 aliphatic heterocycles. The highest BCUT2D eigenvalue weighted by molar-refractivity contribution is 5.19. The van der Waals surface area contributed by atoms with E-state index >= 15 is 0 Å². The molecule has 0 radical (unpaired) electrons. The van der Waals surface area contributed by atoms with Crippen LogP contribution in [0, 0.1) is 5.92 Å². The quantitative estimate of drug-likeness (QED) is 0.655. The number of hydrogen-bond donors (Lipinski definition) is 1. The van der Waals surface area contributed by atoms with Crippen LogP contribution in [-0.4, -0.2) is 63.7 Å². The summed E-state index contributed by atoms with van der Waals surface area (Å²) in [5.41, 5.74) is 0. The summed E-state index contributed by atoms with van der Waals surface area (Å²) in [6.45, 7) is 5.65. The van der Waals surface area contributed by atoms with Crippen LogP contribution in [0.4, 0.5) is 0 Å². The van der Waals surface area contributed by atoms with Crippen molar-refractivity contribution in [2.75, 3.05) is 46.5 Å². The summed E-state index contributed by atoms with van der Waals surface area (Å²) in [5, 5.41) is 3.48. The first-order valence-corrected chi connectivity index (χ1v) is 9.49. The highest BCUT2D eigenvalue weighted by Gasteiger charge is 2.24. The molecule has 3 rings (SSSR count). The van der Waals surface area contributed by atoms with Crippen molar-refractivity contribution in [2.24, 2.45) is 5.92 Å². The third-order valence-corrected chi connectivity index (χ3v) is 5.18. The molecule has 2 fully saturated rings. The lowest BCUT2D eigenvalue weighted by Gasteiger charge is -2.36. The molecule has 1 N–H and O–H groups in total. The second kappa shape index (κ2) is 9.56. The molecular formula is C19H32N2O3. The fourth-order valence-electron chi connectivity index (χ4n) is 3.49. The average Bonchev–Trinajstić information content (AvgIpc) is 2.60. The lowest BCUT2D eigenvalue weighted by molar-refractivity contribution is -0.167. The number of rotatable bonds is 9. The molecule has 0 aromatic heterocycles. The maximum atomic E-state index is 5.81. The first-order valence-electron chi connectivity index (χ1n) is 9.49. The van der Waals surface area contributed by atoms with Crippen LogP contribution in [-0.2, 0) is 14.2 Å². The predicted octanol–water partition coefficient (Wildman–Crippen LogP) is 2.30. The van der Waals surface area contributed by atoms with E-state index in [2.05, 4.69) is 35.5 Å². The van der Waals surface area contributed by atoms with Gasteiger partial charge in [-0.25, -0.2) is 0 Å². The Morgan fingerprint density at radius 2 is 2.21 bits per heavy atom. The third-order valence-electron chi connectivity index (χ3n) is 5.18. The number of hydrogen-bond acceptors (Lipinski definition) is 5. The maximum Gasteiger partial charge on any atom is 0.157 e. The minimum atomic E-state index is -0.0273. The van der Waals surface area contributed by atoms with Gasteiger partial charge in [0.25, 0.3) is 0 Å². The van der Waals surface area contributed by atoms with Crippen LogP contribution < -0.4 is 5.32 Å². The summed E-state index contributed by atoms with van der Waals surface area (Å²) in [6.07, 6.45) is 12.3. The molecule has 0 aromatic carbocycles. The van der Waals surface area contributed by atoms with E-state index in [1.807, 2.05) is 0 Å². The van der Waals surface area contributed by atoms with Crippen molar-refractivity contribution in [3.05, 3.63) is 24.0 Å². The SMILES string of the molecule is CN[C@H](CN1CCC1)C1C=CC(OCCOC2CCCCO2)=CC1. The first kappa shape index (κ1) is 17.9. The zero-order chi connectivity index (χ0) is 16.6. The molecule has 0 aromatic rings. The Bertz CT molecular complexity index is 428. The molecule has 5 nitrogen and oxygen atoms in total. The number of likely N-dealkylation sites (tertiary alicyclic amines) is 1. The third kappa shape index (κ3) is 5.31. The molecule has 5 heteroatoms. The van der Waals surface area contributed by atoms with Crippen LogP contribution in [0.5, 0.6) is 0 Å². The lowest BCUT2D eigenvalue weighted by atomic mass is 9.91. The molecule has 0 saturated carbocycles. The van der Waals surface area contributed by atoms with E-state index < -0.39 is 0 Å². The molecule has 0 amide bonds. The monoisotopic (exact) mass is 336 g/mol. The Morgan fingerprint density at radius 3 is 2.83 bits per heavy atom. The molecule has 3 atom stereocenters. The summed E-state index contributed by atoms with van der Waals surface area (Å²) < 4.78 is 17.1. The number of allylic oxidation sites excluding steroid dienone is 2. The standard InChI is InChI=1S/C19H32N2O3/c1-20-18(15-21-10-4-11-21)16-6-8-17(9-7-16)22-13-14-24-19-5-2-3-12-23-19/h6,8-9,16,18-20H,2-5,7,10-15H2,1H3/t16?,18-,19?/m1/s1. The van der Waals surface area contributed by atoms with Crippen molar-refractivity contribution in [2.45, 2.75) is 44.4 Å². The summed E-state index contributed by atoms with van der Waals surface area (Å²) >= 11 is 0. The van der Waals surface area contributed by atoms with E-state index in [-0.39, 0.29) is 6.29 Å². The van der Waals surface area contributed by atoms with Crippen molar-refractivity contribution in [1.82, 2.24) is 10.2 Å². The number of ether oxygens (including phenoxy) is 3. The molecule has 3 aliphatic rings. The van der Waals surface area contributed by atoms with Gasteiger partial charge in [-0.3, -0.25) is 0 Å². The van der Waals surface area contributed by atoms with Crippen molar-refractivity contribution >= 4 is 0 Å². The van der Waals surface area contributed by atoms with Crippen molar-refractivity contribution < 1.29 is 14.2 Å². The number of nitrogens with one attached hydrogen (secondary N) is 1. The Morgan fingerprint density at radius 1 is 1.29 bits per heavy atom. The maximum absolute atomic E-state index is 5.81. The average molecular weight is 336 g/mol. The van der Waals surface area contributed by atoms with Gasteiger partial charge in [0.05, 0.1) is 6.61 Å².